The number of ketones is 1. The van der Waals surface area contributed by atoms with E-state index in [0.29, 0.717) is 66.6 Å². The maximum atomic E-state index is 12.5. The molecule has 0 radical (unpaired) electrons. The Kier molecular flexibility index (Phi) is 48.6. The Hall–Kier alpha value is -12.9. The quantitative estimate of drug-likeness (QED) is 0.0126. The van der Waals surface area contributed by atoms with Crippen molar-refractivity contribution in [2.24, 2.45) is 17.2 Å². The lowest BCUT2D eigenvalue weighted by molar-refractivity contribution is -0.385. The molecule has 4 heterocycles. The molecule has 0 aliphatic carbocycles. The number of nitro benzene ring substituents is 5. The maximum Gasteiger partial charge on any atom is 0.408 e. The number of oxazole rings is 4. The Bertz CT molecular complexity index is 4900. The fourth-order valence-corrected chi connectivity index (χ4v) is 11.4. The number of nitro groups is 5. The largest absolute Gasteiger partial charge is 0.447 e. The van der Waals surface area contributed by atoms with Crippen molar-refractivity contribution in [3.63, 3.8) is 0 Å². The zero-order valence-electron chi connectivity index (χ0n) is 69.3. The Balaban J connectivity index is 0.000000525. The average Bonchev–Trinajstić information content (AvgIpc) is 1.69. The molecule has 11 aromatic rings. The molecule has 0 saturated heterocycles. The number of carbonyl (C=O) groups excluding carboxylic acids is 5. The van der Waals surface area contributed by atoms with Crippen molar-refractivity contribution in [3.8, 4) is 0 Å². The summed E-state index contributed by atoms with van der Waals surface area (Å²) in [6.07, 6.45) is 11.8. The fourth-order valence-electron chi connectivity index (χ4n) is 11.0. The number of ether oxygens (including phenoxy) is 1. The van der Waals surface area contributed by atoms with Crippen LogP contribution in [0.4, 0.5) is 33.2 Å². The van der Waals surface area contributed by atoms with Gasteiger partial charge in [-0.2, -0.15) is 0 Å². The molecule has 0 fully saturated rings. The first kappa shape index (κ1) is 109. The number of aromatic nitrogens is 4. The molecule has 0 aliphatic heterocycles. The van der Waals surface area contributed by atoms with Crippen LogP contribution in [0.25, 0.3) is 0 Å². The van der Waals surface area contributed by atoms with Gasteiger partial charge in [0.05, 0.1) is 77.6 Å². The van der Waals surface area contributed by atoms with E-state index in [1.807, 2.05) is 95.3 Å². The number of carbonyl (C=O) groups is 5. The molecular formula is C88H108Br3N15O20. The second-order valence-corrected chi connectivity index (χ2v) is 28.7. The lowest BCUT2D eigenvalue weighted by Gasteiger charge is -2.22. The van der Waals surface area contributed by atoms with Crippen molar-refractivity contribution in [1.29, 1.82) is 0 Å². The normalized spacial score (nSPS) is 11.5. The number of alkyl halides is 1. The number of nitrogens with one attached hydrogen (secondary N) is 3. The van der Waals surface area contributed by atoms with Crippen molar-refractivity contribution in [2.45, 2.75) is 183 Å². The number of halogens is 3. The summed E-state index contributed by atoms with van der Waals surface area (Å²) in [5, 5.41) is 62.2. The second-order valence-electron chi connectivity index (χ2n) is 28.2. The first-order valence-corrected chi connectivity index (χ1v) is 39.8. The number of rotatable bonds is 33. The minimum Gasteiger partial charge on any atom is -0.447 e. The van der Waals surface area contributed by atoms with E-state index in [2.05, 4.69) is 51.8 Å². The van der Waals surface area contributed by atoms with Gasteiger partial charge in [0.25, 0.3) is 28.4 Å². The lowest BCUT2D eigenvalue weighted by Crippen LogP contribution is -2.47. The van der Waals surface area contributed by atoms with Crippen LogP contribution < -0.4 is 33.2 Å². The van der Waals surface area contributed by atoms with Crippen molar-refractivity contribution in [3.05, 3.63) is 343 Å². The van der Waals surface area contributed by atoms with Gasteiger partial charge in [0.1, 0.15) is 54.6 Å². The number of hydrogen-bond donors (Lipinski definition) is 6. The van der Waals surface area contributed by atoms with Crippen molar-refractivity contribution in [2.75, 3.05) is 5.33 Å². The minimum atomic E-state index is -0.962. The Morgan fingerprint density at radius 1 is 0.405 bits per heavy atom. The van der Waals surface area contributed by atoms with Crippen LogP contribution in [0.5, 0.6) is 0 Å². The Labute approximate surface area is 758 Å². The number of primary amides is 1. The molecule has 0 aliphatic rings. The molecule has 9 N–H and O–H groups in total. The van der Waals surface area contributed by atoms with E-state index in [9.17, 15) is 74.5 Å². The van der Waals surface area contributed by atoms with Gasteiger partial charge in [0.15, 0.2) is 0 Å². The summed E-state index contributed by atoms with van der Waals surface area (Å²) in [6, 6.07) is 47.2. The summed E-state index contributed by atoms with van der Waals surface area (Å²) in [5.74, 6) is 1.10. The molecule has 38 heteroatoms. The third-order valence-electron chi connectivity index (χ3n) is 17.6. The van der Waals surface area contributed by atoms with Crippen molar-refractivity contribution in [1.82, 2.24) is 35.9 Å². The number of non-ortho nitro benzene ring substituents is 5. The molecule has 4 aromatic heterocycles. The first-order valence-electron chi connectivity index (χ1n) is 38.7. The molecule has 0 saturated carbocycles. The van der Waals surface area contributed by atoms with Crippen LogP contribution in [0.15, 0.2) is 225 Å². The molecule has 0 bridgehead atoms. The number of aryl methyl sites for hydroxylation is 4. The topological polar surface area (TPSA) is 529 Å². The van der Waals surface area contributed by atoms with Gasteiger partial charge in [0.2, 0.25) is 41.3 Å². The monoisotopic (exact) mass is 1930 g/mol. The van der Waals surface area contributed by atoms with Crippen LogP contribution in [0.2, 0.25) is 0 Å². The number of benzene rings is 7. The first-order chi connectivity index (χ1) is 58.2. The van der Waals surface area contributed by atoms with Crippen LogP contribution in [0.1, 0.15) is 186 Å². The van der Waals surface area contributed by atoms with E-state index in [1.165, 1.54) is 72.8 Å². The number of nitrogens with zero attached hydrogens (tertiary/aromatic N) is 9. The molecule has 35 nitrogen and oxygen atoms in total. The van der Waals surface area contributed by atoms with Gasteiger partial charge in [0, 0.05) is 86.3 Å². The van der Waals surface area contributed by atoms with E-state index in [-0.39, 0.29) is 126 Å². The summed E-state index contributed by atoms with van der Waals surface area (Å²) in [7, 11) is 0. The van der Waals surface area contributed by atoms with Crippen LogP contribution in [0, 0.1) is 50.6 Å². The zero-order chi connectivity index (χ0) is 89.4. The third kappa shape index (κ3) is 38.9. The van der Waals surface area contributed by atoms with Gasteiger partial charge in [-0.25, -0.2) is 24.7 Å². The van der Waals surface area contributed by atoms with E-state index in [0.717, 1.165) is 81.8 Å². The summed E-state index contributed by atoms with van der Waals surface area (Å²) in [6.45, 7) is 14.9. The van der Waals surface area contributed by atoms with Crippen molar-refractivity contribution < 1.29 is 71.0 Å². The molecule has 126 heavy (non-hydrogen) atoms. The van der Waals surface area contributed by atoms with Crippen LogP contribution in [-0.4, -0.2) is 91.1 Å². The van der Waals surface area contributed by atoms with Gasteiger partial charge in [-0.05, 0) is 98.2 Å². The predicted octanol–water partition coefficient (Wildman–Crippen LogP) is 17.7. The molecule has 0 spiro atoms. The van der Waals surface area contributed by atoms with E-state index in [4.69, 9.17) is 39.6 Å². The Morgan fingerprint density at radius 2 is 0.667 bits per heavy atom. The van der Waals surface area contributed by atoms with Crippen molar-refractivity contribution >= 4 is 108 Å². The number of hydrogen-bond acceptors (Lipinski definition) is 26. The molecule has 0 unspecified atom stereocenters. The highest BCUT2D eigenvalue weighted by Crippen LogP contribution is 2.26. The standard InChI is InChI=1S/2C21H21N3O4.C14H19N3O5.2C13H15N3O3.C4H7BrO.2CH4.2BrH/c2*1-2-17-14-28-21(22-17)19(12-16-8-10-18(11-9-16)24(26)27)23-20(25)13-15-6-4-3-5-7-15;1-14(2,3)22-13(19)16-11(12(15)18)8-9-4-6-10(7-5-9)17(20)21;2*1-2-10-8-19-13(15-10)12(14)7-9-3-5-11(6-4-9)16(17)18;1-2-4(6)3-5;;;;/h2*3-11,14,19H,2,12-13H2,1H3,(H,23,25);4-7,11H,8H2,1-3H3,(H2,15,18)(H,16,19);2*3-6,8,12H,2,7,14H2,1H3;2-3H2,1H3;2*1H4;2*1H/t2*19-;11-;2*12-;;;;;/m00000...../s1. The average molecular weight is 1940 g/mol. The molecule has 676 valence electrons. The number of Topliss-reactive ketones (excluding diaryl/α,β-unsaturated/α-hetero) is 1. The van der Waals surface area contributed by atoms with E-state index in [1.54, 1.807) is 94.4 Å². The second kappa shape index (κ2) is 56.1. The highest BCUT2D eigenvalue weighted by Gasteiger charge is 2.27. The Morgan fingerprint density at radius 3 is 0.897 bits per heavy atom. The molecule has 4 amide bonds. The van der Waals surface area contributed by atoms with Gasteiger partial charge < -0.3 is 55.6 Å². The summed E-state index contributed by atoms with van der Waals surface area (Å²) in [5.41, 5.74) is 26.0. The van der Waals surface area contributed by atoms with Gasteiger partial charge in [-0.15, -0.1) is 34.0 Å². The predicted molar refractivity (Wildman–Crippen MR) is 489 cm³/mol. The fraction of sp³-hybridized carbons (Fsp3) is 0.330. The molecule has 5 atom stereocenters. The van der Waals surface area contributed by atoms with Crippen LogP contribution in [0.3, 0.4) is 0 Å². The smallest absolute Gasteiger partial charge is 0.408 e. The number of nitrogens with two attached hydrogens (primary N) is 3. The molecular weight excluding hydrogens is 1830 g/mol. The van der Waals surface area contributed by atoms with E-state index >= 15 is 0 Å². The van der Waals surface area contributed by atoms with Gasteiger partial charge >= 0.3 is 6.09 Å². The van der Waals surface area contributed by atoms with Gasteiger partial charge in [-0.3, -0.25) is 69.7 Å². The third-order valence-corrected chi connectivity index (χ3v) is 18.2. The molecule has 11 rings (SSSR count). The summed E-state index contributed by atoms with van der Waals surface area (Å²) >= 11 is 3.03. The van der Waals surface area contributed by atoms with Gasteiger partial charge in [-0.1, -0.05) is 187 Å². The zero-order valence-corrected chi connectivity index (χ0v) is 74.3. The number of amides is 4. The highest BCUT2D eigenvalue weighted by atomic mass is 79.9. The lowest BCUT2D eigenvalue weighted by atomic mass is 10.0. The highest BCUT2D eigenvalue weighted by molar-refractivity contribution is 9.09. The maximum absolute atomic E-state index is 12.5. The minimum absolute atomic E-state index is 0. The summed E-state index contributed by atoms with van der Waals surface area (Å²) in [4.78, 5) is 127. The van der Waals surface area contributed by atoms with Crippen LogP contribution in [-0.2, 0) is 94.5 Å². The SMILES string of the molecule is Br.Br.C.C.CC(C)(C)OC(=O)N[C@@H](Cc1ccc([N+](=O)[O-])cc1)C(N)=O.CCC(=O)CBr.CCc1coc([C@@H](N)Cc2ccc([N+](=O)[O-])cc2)n1.CCc1coc([C@@H](N)Cc2ccc([N+](=O)[O-])cc2)n1.CCc1coc([C@H](Cc2ccc([N+](=O)[O-])cc2)NC(=O)Cc2ccccc2)n1.CCc1coc([C@H](Cc2ccc([N+](=O)[O-])cc2)NC(=O)Cc2ccccc2)n1. The summed E-state index contributed by atoms with van der Waals surface area (Å²) < 4.78 is 26.8. The van der Waals surface area contributed by atoms with E-state index < -0.39 is 60.3 Å². The van der Waals surface area contributed by atoms with Crippen LogP contribution >= 0.6 is 49.9 Å². The molecule has 7 aromatic carbocycles. The number of alkyl carbamates (subject to hydrolysis) is 1.